The largest absolute Gasteiger partial charge is 0.391 e. The van der Waals surface area contributed by atoms with Gasteiger partial charge in [0, 0.05) is 50.6 Å². The van der Waals surface area contributed by atoms with Crippen LogP contribution in [-0.2, 0) is 17.8 Å². The molecule has 0 saturated carbocycles. The summed E-state index contributed by atoms with van der Waals surface area (Å²) in [6.45, 7) is 4.72. The number of likely N-dealkylation sites (tertiary alicyclic amines) is 1. The van der Waals surface area contributed by atoms with E-state index in [2.05, 4.69) is 27.0 Å². The normalized spacial score (nSPS) is 19.0. The monoisotopic (exact) mass is 382 g/mol. The molecule has 0 unspecified atom stereocenters. The minimum atomic E-state index is -0.371. The summed E-state index contributed by atoms with van der Waals surface area (Å²) in [7, 11) is 0. The number of nitrogens with zero attached hydrogens (tertiary/aromatic N) is 4. The highest BCUT2D eigenvalue weighted by molar-refractivity contribution is 5.73. The molecule has 2 heterocycles. The summed E-state index contributed by atoms with van der Waals surface area (Å²) in [5.41, 5.74) is 2.12. The first-order valence-corrected chi connectivity index (χ1v) is 10.1. The highest BCUT2D eigenvalue weighted by Crippen LogP contribution is 2.20. The molecular weight excluding hydrogens is 352 g/mol. The van der Waals surface area contributed by atoms with Gasteiger partial charge in [0.15, 0.2) is 0 Å². The van der Waals surface area contributed by atoms with Crippen LogP contribution in [0.5, 0.6) is 0 Å². The van der Waals surface area contributed by atoms with Crippen LogP contribution in [0, 0.1) is 0 Å². The SMILES string of the molecule is CC(=O)N(Cc1cncnc1)[C@@H]1CCCN(C[C@@H](O)Cc2ccccc2)CC1. The van der Waals surface area contributed by atoms with Crippen LogP contribution in [0.3, 0.4) is 0 Å². The molecule has 0 spiro atoms. The molecule has 1 aromatic heterocycles. The molecule has 1 saturated heterocycles. The van der Waals surface area contributed by atoms with E-state index < -0.39 is 0 Å². The molecule has 1 aromatic carbocycles. The van der Waals surface area contributed by atoms with Crippen molar-refractivity contribution in [1.82, 2.24) is 19.8 Å². The standard InChI is InChI=1S/C22H30N4O2/c1-18(27)26(15-20-13-23-17-24-14-20)21-8-5-10-25(11-9-21)16-22(28)12-19-6-3-2-4-7-19/h2-4,6-7,13-14,17,21-22,28H,5,8-12,15-16H2,1H3/t21-,22+/m1/s1. The number of aromatic nitrogens is 2. The lowest BCUT2D eigenvalue weighted by Gasteiger charge is -2.30. The summed E-state index contributed by atoms with van der Waals surface area (Å²) < 4.78 is 0. The molecule has 150 valence electrons. The lowest BCUT2D eigenvalue weighted by molar-refractivity contribution is -0.132. The Morgan fingerprint density at radius 2 is 1.93 bits per heavy atom. The van der Waals surface area contributed by atoms with E-state index in [9.17, 15) is 9.90 Å². The van der Waals surface area contributed by atoms with E-state index in [0.29, 0.717) is 19.5 Å². The lowest BCUT2D eigenvalue weighted by atomic mass is 10.1. The first kappa shape index (κ1) is 20.4. The fourth-order valence-corrected chi connectivity index (χ4v) is 3.99. The zero-order valence-corrected chi connectivity index (χ0v) is 16.6. The summed E-state index contributed by atoms with van der Waals surface area (Å²) in [6.07, 6.45) is 8.28. The van der Waals surface area contributed by atoms with Gasteiger partial charge in [-0.25, -0.2) is 9.97 Å². The number of aliphatic hydroxyl groups excluding tert-OH is 1. The number of aliphatic hydroxyl groups is 1. The van der Waals surface area contributed by atoms with Gasteiger partial charge in [0.25, 0.3) is 0 Å². The van der Waals surface area contributed by atoms with Gasteiger partial charge in [-0.15, -0.1) is 0 Å². The zero-order chi connectivity index (χ0) is 19.8. The number of benzene rings is 1. The quantitative estimate of drug-likeness (QED) is 0.796. The smallest absolute Gasteiger partial charge is 0.219 e. The van der Waals surface area contributed by atoms with Gasteiger partial charge in [-0.05, 0) is 37.8 Å². The van der Waals surface area contributed by atoms with Gasteiger partial charge in [0.1, 0.15) is 6.33 Å². The molecular formula is C22H30N4O2. The first-order chi connectivity index (χ1) is 13.6. The fourth-order valence-electron chi connectivity index (χ4n) is 3.99. The third kappa shape index (κ3) is 6.11. The van der Waals surface area contributed by atoms with Gasteiger partial charge in [-0.2, -0.15) is 0 Å². The van der Waals surface area contributed by atoms with Gasteiger partial charge < -0.3 is 14.9 Å². The van der Waals surface area contributed by atoms with E-state index in [0.717, 1.165) is 43.5 Å². The number of β-amino-alcohol motifs (C(OH)–C–C–N with tert-alkyl or cyclic N) is 1. The number of amides is 1. The van der Waals surface area contributed by atoms with Gasteiger partial charge in [0.05, 0.1) is 6.10 Å². The maximum absolute atomic E-state index is 12.3. The van der Waals surface area contributed by atoms with Crippen molar-refractivity contribution in [2.75, 3.05) is 19.6 Å². The Hall–Kier alpha value is -2.31. The Kier molecular flexibility index (Phi) is 7.51. The van der Waals surface area contributed by atoms with E-state index in [1.807, 2.05) is 23.1 Å². The second-order valence-corrected chi connectivity index (χ2v) is 7.62. The third-order valence-electron chi connectivity index (χ3n) is 5.39. The average molecular weight is 383 g/mol. The maximum atomic E-state index is 12.3. The molecule has 2 atom stereocenters. The number of hydrogen-bond donors (Lipinski definition) is 1. The molecule has 3 rings (SSSR count). The summed E-state index contributed by atoms with van der Waals surface area (Å²) >= 11 is 0. The Morgan fingerprint density at radius 1 is 1.18 bits per heavy atom. The second kappa shape index (κ2) is 10.3. The minimum absolute atomic E-state index is 0.0893. The molecule has 1 aliphatic heterocycles. The predicted octanol–water partition coefficient (Wildman–Crippen LogP) is 2.28. The second-order valence-electron chi connectivity index (χ2n) is 7.62. The topological polar surface area (TPSA) is 69.6 Å². The number of carbonyl (C=O) groups is 1. The van der Waals surface area contributed by atoms with Crippen LogP contribution in [0.25, 0.3) is 0 Å². The van der Waals surface area contributed by atoms with Gasteiger partial charge in [-0.3, -0.25) is 4.79 Å². The fraction of sp³-hybridized carbons (Fsp3) is 0.500. The Bertz CT molecular complexity index is 726. The van der Waals surface area contributed by atoms with Crippen molar-refractivity contribution in [2.24, 2.45) is 0 Å². The molecule has 0 aliphatic carbocycles. The molecule has 0 radical (unpaired) electrons. The van der Waals surface area contributed by atoms with E-state index in [1.165, 1.54) is 6.33 Å². The van der Waals surface area contributed by atoms with Crippen molar-refractivity contribution < 1.29 is 9.90 Å². The van der Waals surface area contributed by atoms with Crippen LogP contribution in [0.4, 0.5) is 0 Å². The summed E-state index contributed by atoms with van der Waals surface area (Å²) in [5.74, 6) is 0.0893. The summed E-state index contributed by atoms with van der Waals surface area (Å²) in [4.78, 5) is 24.6. The predicted molar refractivity (Wildman–Crippen MR) is 108 cm³/mol. The lowest BCUT2D eigenvalue weighted by Crippen LogP contribution is -2.39. The summed E-state index contributed by atoms with van der Waals surface area (Å²) in [6, 6.07) is 10.3. The summed E-state index contributed by atoms with van der Waals surface area (Å²) in [5, 5.41) is 10.5. The number of rotatable bonds is 7. The van der Waals surface area contributed by atoms with Crippen molar-refractivity contribution >= 4 is 5.91 Å². The van der Waals surface area contributed by atoms with Gasteiger partial charge in [0.2, 0.25) is 5.91 Å². The molecule has 28 heavy (non-hydrogen) atoms. The molecule has 6 heteroatoms. The van der Waals surface area contributed by atoms with E-state index in [-0.39, 0.29) is 18.1 Å². The Balaban J connectivity index is 1.53. The number of carbonyl (C=O) groups excluding carboxylic acids is 1. The van der Waals surface area contributed by atoms with Crippen molar-refractivity contribution in [2.45, 2.75) is 51.3 Å². The van der Waals surface area contributed by atoms with Crippen LogP contribution in [0.15, 0.2) is 49.1 Å². The Labute approximate surface area is 167 Å². The maximum Gasteiger partial charge on any atom is 0.219 e. The van der Waals surface area contributed by atoms with E-state index in [1.54, 1.807) is 19.3 Å². The number of hydrogen-bond acceptors (Lipinski definition) is 5. The van der Waals surface area contributed by atoms with Crippen molar-refractivity contribution in [3.05, 3.63) is 60.2 Å². The first-order valence-electron chi connectivity index (χ1n) is 10.1. The average Bonchev–Trinajstić information content (AvgIpc) is 2.93. The van der Waals surface area contributed by atoms with Gasteiger partial charge >= 0.3 is 0 Å². The molecule has 1 aliphatic rings. The van der Waals surface area contributed by atoms with Crippen LogP contribution in [0.2, 0.25) is 0 Å². The molecule has 1 amide bonds. The Morgan fingerprint density at radius 3 is 2.64 bits per heavy atom. The van der Waals surface area contributed by atoms with Gasteiger partial charge in [-0.1, -0.05) is 30.3 Å². The van der Waals surface area contributed by atoms with Crippen molar-refractivity contribution in [1.29, 1.82) is 0 Å². The van der Waals surface area contributed by atoms with E-state index in [4.69, 9.17) is 0 Å². The molecule has 0 bridgehead atoms. The van der Waals surface area contributed by atoms with Crippen LogP contribution in [0.1, 0.15) is 37.3 Å². The highest BCUT2D eigenvalue weighted by atomic mass is 16.3. The van der Waals surface area contributed by atoms with Crippen LogP contribution < -0.4 is 0 Å². The molecule has 1 fully saturated rings. The minimum Gasteiger partial charge on any atom is -0.391 e. The van der Waals surface area contributed by atoms with E-state index >= 15 is 0 Å². The highest BCUT2D eigenvalue weighted by Gasteiger charge is 2.25. The molecule has 2 aromatic rings. The zero-order valence-electron chi connectivity index (χ0n) is 16.6. The molecule has 6 nitrogen and oxygen atoms in total. The third-order valence-corrected chi connectivity index (χ3v) is 5.39. The van der Waals surface area contributed by atoms with Crippen LogP contribution >= 0.6 is 0 Å². The van der Waals surface area contributed by atoms with Crippen LogP contribution in [-0.4, -0.2) is 62.6 Å². The van der Waals surface area contributed by atoms with Crippen molar-refractivity contribution in [3.8, 4) is 0 Å². The van der Waals surface area contributed by atoms with Crippen molar-refractivity contribution in [3.63, 3.8) is 0 Å². The molecule has 1 N–H and O–H groups in total.